The number of nitrogens with zero attached hydrogens (tertiary/aromatic N) is 12. The van der Waals surface area contributed by atoms with Crippen molar-refractivity contribution in [3.05, 3.63) is 120 Å². The molecule has 746 valence electrons. The number of benzene rings is 8. The molecule has 8 aromatic carbocycles. The Morgan fingerprint density at radius 1 is 0.174 bits per heavy atom. The van der Waals surface area contributed by atoms with E-state index >= 15 is 0 Å². The summed E-state index contributed by atoms with van der Waals surface area (Å²) in [6.45, 7) is 31.6. The minimum atomic E-state index is 0.359. The van der Waals surface area contributed by atoms with Gasteiger partial charge < -0.3 is 76.8 Å². The van der Waals surface area contributed by atoms with Gasteiger partial charge in [-0.15, -0.1) is 0 Å². The van der Waals surface area contributed by atoms with Crippen molar-refractivity contribution in [2.75, 3.05) is 79.3 Å². The summed E-state index contributed by atoms with van der Waals surface area (Å²) in [5.41, 5.74) is 10.5. The molecule has 0 unspecified atom stereocenters. The van der Waals surface area contributed by atoms with Gasteiger partial charge in [-0.1, -0.05) is 172 Å². The quantitative estimate of drug-likeness (QED) is 0.0203. The first-order valence-electron chi connectivity index (χ1n) is 52.4. The number of ether oxygens (including phenoxy) is 12. The maximum atomic E-state index is 6.66. The number of aromatic nitrogens is 16. The molecule has 28 heteroatoms. The first-order valence-corrected chi connectivity index (χ1v) is 52.4. The molecule has 28 nitrogen and oxygen atoms in total. The van der Waals surface area contributed by atoms with E-state index in [0.29, 0.717) is 317 Å². The summed E-state index contributed by atoms with van der Waals surface area (Å²) in [5.74, 6) is 23.4. The van der Waals surface area contributed by atoms with Crippen LogP contribution in [0.5, 0.6) is 69.0 Å². The number of H-pyrrole nitrogens is 4. The minimum absolute atomic E-state index is 0.359. The first kappa shape index (κ1) is 99.3. The van der Waals surface area contributed by atoms with Crippen molar-refractivity contribution in [2.45, 2.75) is 237 Å². The second-order valence-electron chi connectivity index (χ2n) is 36.7. The van der Waals surface area contributed by atoms with Crippen LogP contribution in [0.2, 0.25) is 0 Å². The van der Waals surface area contributed by atoms with Crippen LogP contribution >= 0.6 is 0 Å². The van der Waals surface area contributed by atoms with Gasteiger partial charge in [-0.05, 0) is 198 Å². The average Bonchev–Trinajstić information content (AvgIpc) is 1.59. The summed E-state index contributed by atoms with van der Waals surface area (Å²) in [4.78, 5) is 80.6. The zero-order chi connectivity index (χ0) is 99.4. The largest absolute Gasteiger partial charge is 0.490 e. The fraction of sp³-hybridized carbons (Fsp3) is 0.414. The van der Waals surface area contributed by atoms with Crippen LogP contribution in [-0.4, -0.2) is 159 Å². The maximum Gasteiger partial charge on any atom is 0.164 e. The lowest BCUT2D eigenvalue weighted by Gasteiger charge is -2.14. The van der Waals surface area contributed by atoms with Crippen LogP contribution in [0, 0.1) is 23.7 Å². The predicted molar refractivity (Wildman–Crippen MR) is 571 cm³/mol. The average molecular weight is 1940 g/mol. The van der Waals surface area contributed by atoms with Crippen LogP contribution in [0.1, 0.15) is 248 Å². The second kappa shape index (κ2) is 47.4. The Kier molecular flexibility index (Phi) is 32.7. The van der Waals surface area contributed by atoms with Crippen LogP contribution in [0.15, 0.2) is 109 Å². The van der Waals surface area contributed by atoms with E-state index < -0.39 is 0 Å². The zero-order valence-corrected chi connectivity index (χ0v) is 85.1. The van der Waals surface area contributed by atoms with Crippen LogP contribution in [0.3, 0.4) is 0 Å². The van der Waals surface area contributed by atoms with Crippen LogP contribution < -0.4 is 56.8 Å². The summed E-state index contributed by atoms with van der Waals surface area (Å²) in [6, 6.07) is 35.8. The van der Waals surface area contributed by atoms with Gasteiger partial charge in [0, 0.05) is 98.7 Å². The highest BCUT2D eigenvalue weighted by Crippen LogP contribution is 2.49. The third-order valence-electron chi connectivity index (χ3n) is 25.6. The predicted octanol–water partition coefficient (Wildman–Crippen LogP) is 27.6. The lowest BCUT2D eigenvalue weighted by atomic mass is 10.0. The maximum absolute atomic E-state index is 6.66. The van der Waals surface area contributed by atoms with Gasteiger partial charge in [0.1, 0.15) is 45.2 Å². The van der Waals surface area contributed by atoms with Gasteiger partial charge >= 0.3 is 0 Å². The number of rotatable bonds is 48. The molecule has 0 spiro atoms. The van der Waals surface area contributed by atoms with E-state index in [1.54, 1.807) is 0 Å². The molecule has 18 rings (SSSR count). The molecule has 10 heterocycles. The topological polar surface area (TPSA) is 329 Å². The fourth-order valence-corrected chi connectivity index (χ4v) is 17.3. The third kappa shape index (κ3) is 22.2. The van der Waals surface area contributed by atoms with Gasteiger partial charge in [0.15, 0.2) is 116 Å². The highest BCUT2D eigenvalue weighted by molar-refractivity contribution is 6.11. The van der Waals surface area contributed by atoms with Crippen molar-refractivity contribution in [2.24, 2.45) is 0 Å². The third-order valence-corrected chi connectivity index (χ3v) is 25.6. The Hall–Kier alpha value is -14.8. The molecule has 0 atom stereocenters. The van der Waals surface area contributed by atoms with Crippen LogP contribution in [-0.2, 0) is 0 Å². The van der Waals surface area contributed by atoms with Gasteiger partial charge in [0.2, 0.25) is 0 Å². The molecule has 0 saturated heterocycles. The van der Waals surface area contributed by atoms with E-state index in [1.165, 1.54) is 0 Å². The molecular formula is C116H130N16O12. The smallest absolute Gasteiger partial charge is 0.164 e. The molecule has 14 aromatic rings. The summed E-state index contributed by atoms with van der Waals surface area (Å²) in [7, 11) is 0. The Labute approximate surface area is 840 Å². The molecule has 0 saturated carbocycles. The highest BCUT2D eigenvalue weighted by Gasteiger charge is 2.32. The minimum Gasteiger partial charge on any atom is -0.490 e. The number of unbranched alkanes of at least 4 members (excludes halogenated alkanes) is 12. The number of nitrogens with one attached hydrogen (secondary N) is 4. The fourth-order valence-electron chi connectivity index (χ4n) is 17.3. The van der Waals surface area contributed by atoms with Gasteiger partial charge in [-0.3, -0.25) is 0 Å². The Bertz CT molecular complexity index is 7110. The summed E-state index contributed by atoms with van der Waals surface area (Å²) < 4.78 is 79.7. The molecule has 4 aliphatic heterocycles. The van der Waals surface area contributed by atoms with Gasteiger partial charge in [-0.2, -0.15) is 0 Å². The first-order chi connectivity index (χ1) is 70.8. The number of hydrogen-bond donors (Lipinski definition) is 4. The lowest BCUT2D eigenvalue weighted by Crippen LogP contribution is -2.03. The molecule has 0 radical (unpaired) electrons. The Morgan fingerprint density at radius 2 is 0.319 bits per heavy atom. The second-order valence-corrected chi connectivity index (χ2v) is 36.7. The molecule has 6 aromatic heterocycles. The molecule has 0 amide bonds. The van der Waals surface area contributed by atoms with Gasteiger partial charge in [-0.25, -0.2) is 59.8 Å². The Balaban J connectivity index is 0.820. The van der Waals surface area contributed by atoms with E-state index in [2.05, 4.69) is 127 Å². The van der Waals surface area contributed by atoms with Crippen LogP contribution in [0.4, 0.5) is 0 Å². The Morgan fingerprint density at radius 3 is 0.479 bits per heavy atom. The molecule has 4 N–H and O–H groups in total. The summed E-state index contributed by atoms with van der Waals surface area (Å²) in [6.07, 6.45) is 21.4. The molecule has 144 heavy (non-hydrogen) atoms. The van der Waals surface area contributed by atoms with E-state index in [0.717, 1.165) is 176 Å². The SMILES string of the molecule is CCCCOc1cc2c(cc1OCCCC)-c1nc-2nc2[nH]c(nc3nc(nc4[nH]c(n1)c1cc(OCCCC)c(OCCCC)cc41)-c1cc(C#CC#Cc4ccc5c(c4)-c4nc-5nc5[nH]c(nc6nc(nc7[nH]c(n4)c4cc(OCCCC)c(OCCCC)cc74)-c4cc(OCCCC)c(OCCCC)cc4-6)c4cc(OCCCC)c(OCCCC)cc54)ccc1-3)c1cc(OCCCC)c(OCCCC)cc21. The van der Waals surface area contributed by atoms with Crippen molar-refractivity contribution < 1.29 is 56.8 Å². The normalized spacial score (nSPS) is 11.7. The molecule has 0 aliphatic carbocycles. The van der Waals surface area contributed by atoms with Crippen LogP contribution in [0.25, 0.3) is 179 Å². The van der Waals surface area contributed by atoms with Crippen molar-refractivity contribution in [1.29, 1.82) is 0 Å². The van der Waals surface area contributed by atoms with E-state index in [9.17, 15) is 0 Å². The molecule has 4 aliphatic rings. The van der Waals surface area contributed by atoms with E-state index in [1.807, 2.05) is 109 Å². The number of aromatic amines is 4. The van der Waals surface area contributed by atoms with Crippen molar-refractivity contribution in [3.63, 3.8) is 0 Å². The summed E-state index contributed by atoms with van der Waals surface area (Å²) >= 11 is 0. The summed E-state index contributed by atoms with van der Waals surface area (Å²) in [5, 5.41) is 5.72. The number of hydrogen-bond acceptors (Lipinski definition) is 24. The molecule has 16 bridgehead atoms. The van der Waals surface area contributed by atoms with Crippen molar-refractivity contribution in [3.8, 4) is 184 Å². The van der Waals surface area contributed by atoms with Crippen molar-refractivity contribution in [1.82, 2.24) is 79.7 Å². The zero-order valence-electron chi connectivity index (χ0n) is 85.1. The van der Waals surface area contributed by atoms with E-state index in [-0.39, 0.29) is 0 Å². The highest BCUT2D eigenvalue weighted by atomic mass is 16.5. The van der Waals surface area contributed by atoms with E-state index in [4.69, 9.17) is 117 Å². The number of fused-ring (bicyclic) bond motifs is 40. The lowest BCUT2D eigenvalue weighted by molar-refractivity contribution is 0.262. The standard InChI is InChI=1S/C116H130N16O12/c1-13-25-45-133-89-59-77-79(61-91(89)135-47-27-15-3)109-123-105(77)119-101-73-43-41-71(57-75(73)103(117-101)121-107-81-63-93(137-49-29-17-5)95(139-51-31-19-7)65-83(81)111(125-107)129-115-87-69-99(143-55-35-23-11)97(141-53-33-21-9)67-85(87)113(127-109)131-115)39-37-38-40-72-42-44-74-76(58-72)104-118-102(74)120-106-78-60-90(134-46-26-14-2)92(136-48-28-16-4)62-80(78)110(124-106)128-114-86-68-98(142-54-34-22-10)100(144-56-36-24-12)70-88(86)116(132-114)130-112-84-66-96(140-52-32-20-8)94(138-50-30-18-6)64-82(84)108(122-104)126-112/h41-44,57-70H,13-36,45-56H2,1-12H3,(H2,117,119,121,123,125,127,129,131)(H2,118,120,122,124,126,128,130,132). The molecular weight excluding hydrogens is 1810 g/mol. The van der Waals surface area contributed by atoms with Crippen molar-refractivity contribution >= 4 is 88.3 Å². The monoisotopic (exact) mass is 1940 g/mol. The van der Waals surface area contributed by atoms with Gasteiger partial charge in [0.25, 0.3) is 0 Å². The van der Waals surface area contributed by atoms with Gasteiger partial charge in [0.05, 0.1) is 79.3 Å². The molecule has 0 fully saturated rings.